The molecule has 0 saturated heterocycles. The molecule has 0 spiro atoms. The number of hydrogen-bond acceptors (Lipinski definition) is 9. The summed E-state index contributed by atoms with van der Waals surface area (Å²) in [5.74, 6) is -2.40. The molecule has 11 heteroatoms. The minimum Gasteiger partial charge on any atom is -0.466 e. The van der Waals surface area contributed by atoms with Crippen LogP contribution in [0.4, 0.5) is 5.69 Å². The first-order chi connectivity index (χ1) is 14.9. The number of rotatable bonds is 8. The van der Waals surface area contributed by atoms with E-state index in [9.17, 15) is 24.6 Å². The SMILES string of the molecule is COC(=O)C1=C(C)NC(C)=C(C(=O)OC(C)(C)CN(C)N=O)C1c1cccc([N+](=O)[O-])c1. The van der Waals surface area contributed by atoms with Crippen LogP contribution in [0.25, 0.3) is 0 Å². The van der Waals surface area contributed by atoms with Gasteiger partial charge in [0, 0.05) is 30.6 Å². The standard InChI is InChI=1S/C21H26N4O7/c1-12-16(19(26)31-6)18(14-8-7-9-15(10-14)25(29)30)17(13(2)22-12)20(27)32-21(3,4)11-24(5)23-28/h7-10,18,22H,11H2,1-6H3. The first kappa shape index (κ1) is 24.5. The van der Waals surface area contributed by atoms with Crippen molar-refractivity contribution in [2.75, 3.05) is 20.7 Å². The number of dihydropyridines is 1. The van der Waals surface area contributed by atoms with E-state index in [-0.39, 0.29) is 23.4 Å². The van der Waals surface area contributed by atoms with Gasteiger partial charge >= 0.3 is 11.9 Å². The smallest absolute Gasteiger partial charge is 0.337 e. The lowest BCUT2D eigenvalue weighted by Gasteiger charge is -2.33. The summed E-state index contributed by atoms with van der Waals surface area (Å²) in [4.78, 5) is 47.4. The quantitative estimate of drug-likeness (QED) is 0.276. The normalized spacial score (nSPS) is 16.2. The highest BCUT2D eigenvalue weighted by Crippen LogP contribution is 2.40. The molecule has 1 aromatic rings. The van der Waals surface area contributed by atoms with Crippen LogP contribution in [-0.4, -0.2) is 48.2 Å². The van der Waals surface area contributed by atoms with Crippen LogP contribution in [0, 0.1) is 15.0 Å². The van der Waals surface area contributed by atoms with Gasteiger partial charge in [-0.1, -0.05) is 12.1 Å². The van der Waals surface area contributed by atoms with Crippen molar-refractivity contribution in [3.8, 4) is 0 Å². The molecule has 0 aliphatic carbocycles. The Labute approximate surface area is 185 Å². The number of hydrogen-bond donors (Lipinski definition) is 1. The zero-order valence-electron chi connectivity index (χ0n) is 18.8. The summed E-state index contributed by atoms with van der Waals surface area (Å²) in [6.07, 6.45) is 0. The van der Waals surface area contributed by atoms with Crippen LogP contribution < -0.4 is 5.32 Å². The van der Waals surface area contributed by atoms with Crippen molar-refractivity contribution in [3.63, 3.8) is 0 Å². The highest BCUT2D eigenvalue weighted by Gasteiger charge is 2.40. The molecule has 1 atom stereocenters. The van der Waals surface area contributed by atoms with Crippen LogP contribution in [0.1, 0.15) is 39.2 Å². The summed E-state index contributed by atoms with van der Waals surface area (Å²) >= 11 is 0. The van der Waals surface area contributed by atoms with Crippen molar-refractivity contribution in [2.45, 2.75) is 39.2 Å². The second-order valence-electron chi connectivity index (χ2n) is 8.03. The van der Waals surface area contributed by atoms with E-state index in [0.29, 0.717) is 17.0 Å². The van der Waals surface area contributed by atoms with Gasteiger partial charge in [0.25, 0.3) is 5.69 Å². The van der Waals surface area contributed by atoms with E-state index in [0.717, 1.165) is 5.01 Å². The van der Waals surface area contributed by atoms with Crippen LogP contribution in [-0.2, 0) is 19.1 Å². The minimum absolute atomic E-state index is 0.0300. The van der Waals surface area contributed by atoms with E-state index in [1.807, 2.05) is 0 Å². The molecule has 0 aromatic heterocycles. The number of benzene rings is 1. The molecule has 1 aromatic carbocycles. The van der Waals surface area contributed by atoms with E-state index in [1.165, 1.54) is 32.4 Å². The molecule has 2 rings (SSSR count). The van der Waals surface area contributed by atoms with E-state index in [2.05, 4.69) is 10.6 Å². The van der Waals surface area contributed by atoms with Gasteiger partial charge in [0.2, 0.25) is 0 Å². The molecule has 1 aliphatic rings. The van der Waals surface area contributed by atoms with E-state index in [1.54, 1.807) is 33.8 Å². The molecule has 11 nitrogen and oxygen atoms in total. The molecule has 1 heterocycles. The highest BCUT2D eigenvalue weighted by molar-refractivity contribution is 6.00. The molecule has 1 unspecified atom stereocenters. The number of carbonyl (C=O) groups excluding carboxylic acids is 2. The number of nitroso groups, excluding NO2 is 1. The van der Waals surface area contributed by atoms with Gasteiger partial charge in [-0.25, -0.2) is 9.59 Å². The molecule has 0 fully saturated rings. The third kappa shape index (κ3) is 5.29. The van der Waals surface area contributed by atoms with Gasteiger partial charge in [-0.15, -0.1) is 4.91 Å². The summed E-state index contributed by atoms with van der Waals surface area (Å²) in [5, 5.41) is 18.2. The largest absolute Gasteiger partial charge is 0.466 e. The molecule has 0 bridgehead atoms. The zero-order valence-corrected chi connectivity index (χ0v) is 18.8. The molecule has 1 aliphatic heterocycles. The van der Waals surface area contributed by atoms with E-state index >= 15 is 0 Å². The Morgan fingerprint density at radius 2 is 1.81 bits per heavy atom. The van der Waals surface area contributed by atoms with Gasteiger partial charge in [-0.2, -0.15) is 0 Å². The lowest BCUT2D eigenvalue weighted by atomic mass is 9.80. The molecule has 0 saturated carbocycles. The van der Waals surface area contributed by atoms with Gasteiger partial charge in [0.15, 0.2) is 0 Å². The Kier molecular flexibility index (Phi) is 7.34. The van der Waals surface area contributed by atoms with Crippen molar-refractivity contribution in [2.24, 2.45) is 5.29 Å². The Morgan fingerprint density at radius 3 is 2.34 bits per heavy atom. The molecule has 0 amide bonds. The third-order valence-corrected chi connectivity index (χ3v) is 4.92. The molecule has 1 N–H and O–H groups in total. The number of methoxy groups -OCH3 is 1. The number of nitro benzene ring substituents is 1. The molecule has 0 radical (unpaired) electrons. The molecular formula is C21H26N4O7. The van der Waals surface area contributed by atoms with Gasteiger partial charge < -0.3 is 14.8 Å². The summed E-state index contributed by atoms with van der Waals surface area (Å²) in [7, 11) is 2.66. The van der Waals surface area contributed by atoms with Gasteiger partial charge in [-0.3, -0.25) is 15.1 Å². The Balaban J connectivity index is 2.60. The van der Waals surface area contributed by atoms with E-state index < -0.39 is 28.4 Å². The number of carbonyl (C=O) groups is 2. The average Bonchev–Trinajstić information content (AvgIpc) is 2.71. The van der Waals surface area contributed by atoms with Crippen LogP contribution in [0.3, 0.4) is 0 Å². The highest BCUT2D eigenvalue weighted by atomic mass is 16.6. The second kappa shape index (κ2) is 9.58. The van der Waals surface area contributed by atoms with Crippen LogP contribution >= 0.6 is 0 Å². The Bertz CT molecular complexity index is 1010. The van der Waals surface area contributed by atoms with Gasteiger partial charge in [-0.05, 0) is 33.3 Å². The Hall–Kier alpha value is -3.76. The monoisotopic (exact) mass is 446 g/mol. The summed E-state index contributed by atoms with van der Waals surface area (Å²) in [6, 6.07) is 5.70. The number of nitro groups is 1. The van der Waals surface area contributed by atoms with Crippen molar-refractivity contribution < 1.29 is 24.0 Å². The van der Waals surface area contributed by atoms with E-state index in [4.69, 9.17) is 9.47 Å². The lowest BCUT2D eigenvalue weighted by molar-refractivity contribution is -0.384. The fraction of sp³-hybridized carbons (Fsp3) is 0.429. The van der Waals surface area contributed by atoms with Crippen LogP contribution in [0.2, 0.25) is 0 Å². The minimum atomic E-state index is -1.10. The fourth-order valence-electron chi connectivity index (χ4n) is 3.71. The first-order valence-corrected chi connectivity index (χ1v) is 9.70. The number of nitrogens with one attached hydrogen (secondary N) is 1. The number of ether oxygens (including phenoxy) is 2. The van der Waals surface area contributed by atoms with Crippen molar-refractivity contribution in [1.29, 1.82) is 0 Å². The Morgan fingerprint density at radius 1 is 1.22 bits per heavy atom. The summed E-state index contributed by atoms with van der Waals surface area (Å²) < 4.78 is 10.6. The predicted molar refractivity (Wildman–Crippen MR) is 115 cm³/mol. The van der Waals surface area contributed by atoms with Crippen molar-refractivity contribution in [3.05, 3.63) is 67.4 Å². The summed E-state index contributed by atoms with van der Waals surface area (Å²) in [5.41, 5.74) is 0.188. The number of esters is 2. The van der Waals surface area contributed by atoms with Crippen molar-refractivity contribution in [1.82, 2.24) is 10.3 Å². The number of likely N-dealkylation sites (N-methyl/N-ethyl adjacent to an activating group) is 1. The fourth-order valence-corrected chi connectivity index (χ4v) is 3.71. The zero-order chi connectivity index (χ0) is 24.2. The molecular weight excluding hydrogens is 420 g/mol. The maximum Gasteiger partial charge on any atom is 0.337 e. The summed E-state index contributed by atoms with van der Waals surface area (Å²) in [6.45, 7) is 6.55. The predicted octanol–water partition coefficient (Wildman–Crippen LogP) is 2.94. The average molecular weight is 446 g/mol. The third-order valence-electron chi connectivity index (χ3n) is 4.92. The van der Waals surface area contributed by atoms with Crippen molar-refractivity contribution >= 4 is 17.6 Å². The topological polar surface area (TPSA) is 140 Å². The maximum absolute atomic E-state index is 13.3. The number of allylic oxidation sites excluding steroid dienone is 2. The van der Waals surface area contributed by atoms with Gasteiger partial charge in [0.1, 0.15) is 5.60 Å². The van der Waals surface area contributed by atoms with Crippen LogP contribution in [0.15, 0.2) is 52.1 Å². The number of nitrogens with zero attached hydrogens (tertiary/aromatic N) is 3. The molecule has 32 heavy (non-hydrogen) atoms. The first-order valence-electron chi connectivity index (χ1n) is 9.70. The lowest BCUT2D eigenvalue weighted by Crippen LogP contribution is -2.40. The van der Waals surface area contributed by atoms with Crippen LogP contribution in [0.5, 0.6) is 0 Å². The second-order valence-corrected chi connectivity index (χ2v) is 8.03. The maximum atomic E-state index is 13.3. The molecule has 172 valence electrons. The number of non-ortho nitro benzene ring substituents is 1. The van der Waals surface area contributed by atoms with Gasteiger partial charge in [0.05, 0.1) is 40.9 Å².